The van der Waals surface area contributed by atoms with Crippen LogP contribution in [0.15, 0.2) is 63.0 Å². The molecule has 0 spiro atoms. The van der Waals surface area contributed by atoms with Gasteiger partial charge in [0.25, 0.3) is 5.91 Å². The van der Waals surface area contributed by atoms with E-state index in [2.05, 4.69) is 30.5 Å². The van der Waals surface area contributed by atoms with E-state index in [1.165, 1.54) is 0 Å². The van der Waals surface area contributed by atoms with E-state index < -0.39 is 5.91 Å². The summed E-state index contributed by atoms with van der Waals surface area (Å²) in [4.78, 5) is 30.5. The van der Waals surface area contributed by atoms with Crippen LogP contribution in [0.3, 0.4) is 0 Å². The highest BCUT2D eigenvalue weighted by atomic mass is 32.2. The predicted molar refractivity (Wildman–Crippen MR) is 143 cm³/mol. The Morgan fingerprint density at radius 1 is 1.18 bits per heavy atom. The molecule has 0 aliphatic heterocycles. The number of hydrogen-bond acceptors (Lipinski definition) is 6. The number of aliphatic imine (C=N–C) groups is 1. The van der Waals surface area contributed by atoms with Crippen LogP contribution in [0.25, 0.3) is 5.70 Å². The zero-order chi connectivity index (χ0) is 25.3. The zero-order valence-corrected chi connectivity index (χ0v) is 21.6. The molecular weight excluding hydrogens is 444 g/mol. The van der Waals surface area contributed by atoms with Crippen molar-refractivity contribution in [1.82, 2.24) is 10.2 Å². The Bertz CT molecular complexity index is 951. The lowest BCUT2D eigenvalue weighted by Crippen LogP contribution is -2.25. The van der Waals surface area contributed by atoms with Gasteiger partial charge in [0.1, 0.15) is 11.6 Å². The van der Waals surface area contributed by atoms with E-state index in [0.717, 1.165) is 66.4 Å². The molecule has 0 radical (unpaired) electrons. The Labute approximate surface area is 208 Å². The van der Waals surface area contributed by atoms with E-state index >= 15 is 0 Å². The van der Waals surface area contributed by atoms with Crippen molar-refractivity contribution in [3.63, 3.8) is 0 Å². The number of allylic oxidation sites excluding steroid dienone is 3. The van der Waals surface area contributed by atoms with Crippen LogP contribution in [0.5, 0.6) is 0 Å². The monoisotopic (exact) mass is 480 g/mol. The van der Waals surface area contributed by atoms with Crippen molar-refractivity contribution < 1.29 is 9.59 Å². The lowest BCUT2D eigenvalue weighted by atomic mass is 10.0. The van der Waals surface area contributed by atoms with E-state index in [-0.39, 0.29) is 12.0 Å². The van der Waals surface area contributed by atoms with E-state index in [1.807, 2.05) is 54.7 Å². The molecule has 0 aliphatic rings. The van der Waals surface area contributed by atoms with Gasteiger partial charge in [0.15, 0.2) is 0 Å². The standard InChI is InChI=1S/C27H36N4O2S/c1-6-8-15-31(16-9-7-2)20-34-25(26(29-5)23-13-11-10-12-14-23)17-21(3)22(4)24(18-28)27(33)30-19-32/h10-14,17,19H,5-9,15-16,20H2,1-4H3,(H,30,32,33)/b21-17+,24-22-,26-25-. The number of benzene rings is 1. The first kappa shape index (κ1) is 29.1. The van der Waals surface area contributed by atoms with Crippen LogP contribution in [0.1, 0.15) is 58.9 Å². The van der Waals surface area contributed by atoms with Gasteiger partial charge in [0, 0.05) is 16.3 Å². The molecule has 0 aromatic heterocycles. The maximum Gasteiger partial charge on any atom is 0.268 e. The number of rotatable bonds is 15. The summed E-state index contributed by atoms with van der Waals surface area (Å²) in [6.07, 6.45) is 6.79. The Balaban J connectivity index is 3.46. The third-order valence-electron chi connectivity index (χ3n) is 5.34. The number of nitrogens with one attached hydrogen (secondary N) is 1. The molecule has 0 heterocycles. The molecule has 0 bridgehead atoms. The van der Waals surface area contributed by atoms with Gasteiger partial charge in [-0.05, 0) is 63.7 Å². The van der Waals surface area contributed by atoms with Crippen LogP contribution >= 0.6 is 11.8 Å². The fourth-order valence-corrected chi connectivity index (χ4v) is 4.34. The molecule has 0 saturated heterocycles. The fourth-order valence-electron chi connectivity index (χ4n) is 3.18. The third kappa shape index (κ3) is 9.50. The van der Waals surface area contributed by atoms with Crippen molar-refractivity contribution in [2.45, 2.75) is 53.4 Å². The Hall–Kier alpha value is -2.95. The molecule has 6 nitrogen and oxygen atoms in total. The van der Waals surface area contributed by atoms with Crippen LogP contribution in [0, 0.1) is 11.3 Å². The molecule has 1 aromatic carbocycles. The minimum atomic E-state index is -0.712. The Morgan fingerprint density at radius 2 is 1.79 bits per heavy atom. The van der Waals surface area contributed by atoms with Crippen LogP contribution in [0.2, 0.25) is 0 Å². The van der Waals surface area contributed by atoms with Gasteiger partial charge in [-0.2, -0.15) is 5.26 Å². The second kappa shape index (κ2) is 16.6. The van der Waals surface area contributed by atoms with Crippen LogP contribution < -0.4 is 5.32 Å². The topological polar surface area (TPSA) is 85.6 Å². The molecule has 0 atom stereocenters. The lowest BCUT2D eigenvalue weighted by molar-refractivity contribution is -0.122. The molecule has 34 heavy (non-hydrogen) atoms. The summed E-state index contributed by atoms with van der Waals surface area (Å²) in [6.45, 7) is 13.8. The number of nitriles is 1. The zero-order valence-electron chi connectivity index (χ0n) is 20.8. The fraction of sp³-hybridized carbons (Fsp3) is 0.407. The van der Waals surface area contributed by atoms with Crippen molar-refractivity contribution in [3.05, 3.63) is 63.6 Å². The number of imide groups is 1. The van der Waals surface area contributed by atoms with Gasteiger partial charge in [-0.1, -0.05) is 57.0 Å². The average Bonchev–Trinajstić information content (AvgIpc) is 2.84. The number of unbranched alkanes of at least 4 members (excludes halogenated alkanes) is 2. The highest BCUT2D eigenvalue weighted by Crippen LogP contribution is 2.32. The maximum absolute atomic E-state index is 12.1. The molecule has 0 aliphatic carbocycles. The SMILES string of the molecule is C=N/C(=C(/C=C(C)/C(C)=C(/C#N)C(=O)NC=O)SCN(CCCC)CCCC)c1ccccc1. The number of carbonyl (C=O) groups is 2. The summed E-state index contributed by atoms with van der Waals surface area (Å²) in [5, 5.41) is 11.5. The molecular formula is C27H36N4O2S. The second-order valence-corrected chi connectivity index (χ2v) is 8.85. The van der Waals surface area contributed by atoms with Crippen molar-refractivity contribution in [3.8, 4) is 6.07 Å². The molecule has 1 N–H and O–H groups in total. The first-order valence-corrected chi connectivity index (χ1v) is 12.6. The van der Waals surface area contributed by atoms with Crippen molar-refractivity contribution in [1.29, 1.82) is 5.26 Å². The van der Waals surface area contributed by atoms with Gasteiger partial charge >= 0.3 is 0 Å². The maximum atomic E-state index is 12.1. The predicted octanol–water partition coefficient (Wildman–Crippen LogP) is 5.71. The number of carbonyl (C=O) groups excluding carboxylic acids is 2. The highest BCUT2D eigenvalue weighted by Gasteiger charge is 2.15. The summed E-state index contributed by atoms with van der Waals surface area (Å²) in [6, 6.07) is 11.7. The van der Waals surface area contributed by atoms with E-state index in [9.17, 15) is 14.9 Å². The highest BCUT2D eigenvalue weighted by molar-refractivity contribution is 8.03. The normalized spacial score (nSPS) is 13.0. The third-order valence-corrected chi connectivity index (χ3v) is 6.46. The van der Waals surface area contributed by atoms with Crippen LogP contribution in [-0.2, 0) is 9.59 Å². The van der Waals surface area contributed by atoms with Crippen LogP contribution in [0.4, 0.5) is 0 Å². The minimum Gasteiger partial charge on any atom is -0.294 e. The Kier molecular flexibility index (Phi) is 14.2. The van der Waals surface area contributed by atoms with Gasteiger partial charge < -0.3 is 0 Å². The van der Waals surface area contributed by atoms with Crippen molar-refractivity contribution in [2.24, 2.45) is 4.99 Å². The minimum absolute atomic E-state index is 0.0921. The van der Waals surface area contributed by atoms with Gasteiger partial charge in [0.05, 0.1) is 5.70 Å². The largest absolute Gasteiger partial charge is 0.294 e. The molecule has 182 valence electrons. The van der Waals surface area contributed by atoms with Gasteiger partial charge in [-0.15, -0.1) is 11.8 Å². The molecule has 1 rings (SSSR count). The Morgan fingerprint density at radius 3 is 2.29 bits per heavy atom. The smallest absolute Gasteiger partial charge is 0.268 e. The number of nitrogens with zero attached hydrogens (tertiary/aromatic N) is 3. The first-order valence-electron chi connectivity index (χ1n) is 11.6. The summed E-state index contributed by atoms with van der Waals surface area (Å²) in [7, 11) is 0. The van der Waals surface area contributed by atoms with E-state index in [4.69, 9.17) is 0 Å². The summed E-state index contributed by atoms with van der Waals surface area (Å²) in [5.41, 5.74) is 2.85. The van der Waals surface area contributed by atoms with Crippen LogP contribution in [-0.4, -0.2) is 42.9 Å². The van der Waals surface area contributed by atoms with Crippen molar-refractivity contribution in [2.75, 3.05) is 19.0 Å². The molecule has 0 unspecified atom stereocenters. The van der Waals surface area contributed by atoms with Crippen molar-refractivity contribution >= 4 is 36.5 Å². The van der Waals surface area contributed by atoms with Gasteiger partial charge in [0.2, 0.25) is 6.41 Å². The molecule has 2 amide bonds. The van der Waals surface area contributed by atoms with E-state index in [0.29, 0.717) is 5.57 Å². The lowest BCUT2D eigenvalue weighted by Gasteiger charge is -2.22. The molecule has 7 heteroatoms. The summed E-state index contributed by atoms with van der Waals surface area (Å²) >= 11 is 1.67. The molecule has 0 saturated carbocycles. The number of thioether (sulfide) groups is 1. The number of amides is 2. The van der Waals surface area contributed by atoms with E-state index in [1.54, 1.807) is 18.7 Å². The van der Waals surface area contributed by atoms with Gasteiger partial charge in [-0.25, -0.2) is 0 Å². The average molecular weight is 481 g/mol. The molecule has 0 fully saturated rings. The number of hydrogen-bond donors (Lipinski definition) is 1. The second-order valence-electron chi connectivity index (χ2n) is 7.87. The summed E-state index contributed by atoms with van der Waals surface area (Å²) < 4.78 is 0. The quantitative estimate of drug-likeness (QED) is 0.0868. The summed E-state index contributed by atoms with van der Waals surface area (Å²) in [5.74, 6) is 0.0844. The molecule has 1 aromatic rings. The van der Waals surface area contributed by atoms with Gasteiger partial charge in [-0.3, -0.25) is 24.8 Å². The first-order chi connectivity index (χ1) is 16.4.